The maximum Gasteiger partial charge on any atom is 0.305 e. The van der Waals surface area contributed by atoms with Crippen molar-refractivity contribution in [3.63, 3.8) is 0 Å². The number of rotatable bonds is 3. The molecule has 0 spiro atoms. The number of nitrogens with zero attached hydrogens (tertiary/aromatic N) is 2. The lowest BCUT2D eigenvalue weighted by molar-refractivity contribution is -0.137. The van der Waals surface area contributed by atoms with Gasteiger partial charge >= 0.3 is 5.97 Å². The minimum Gasteiger partial charge on any atom is -0.481 e. The predicted molar refractivity (Wildman–Crippen MR) is 53.7 cm³/mol. The van der Waals surface area contributed by atoms with Gasteiger partial charge < -0.3 is 5.11 Å². The third-order valence-electron chi connectivity index (χ3n) is 2.12. The highest BCUT2D eigenvalue weighted by molar-refractivity contribution is 6.31. The molecule has 1 atom stereocenters. The van der Waals surface area contributed by atoms with Gasteiger partial charge in [-0.1, -0.05) is 11.6 Å². The van der Waals surface area contributed by atoms with Crippen molar-refractivity contribution in [1.29, 1.82) is 0 Å². The van der Waals surface area contributed by atoms with E-state index in [9.17, 15) is 4.79 Å². The number of aliphatic carboxylic acids is 1. The molecule has 1 aromatic rings. The van der Waals surface area contributed by atoms with Crippen LogP contribution in [0.25, 0.3) is 0 Å². The minimum absolute atomic E-state index is 0.0539. The van der Waals surface area contributed by atoms with Crippen LogP contribution in [0.4, 0.5) is 0 Å². The number of carboxylic acid groups (broad SMARTS) is 1. The molecule has 0 aliphatic rings. The average molecular weight is 217 g/mol. The predicted octanol–water partition coefficient (Wildman–Crippen LogP) is 2.19. The van der Waals surface area contributed by atoms with Crippen molar-refractivity contribution in [3.05, 3.63) is 16.4 Å². The summed E-state index contributed by atoms with van der Waals surface area (Å²) in [5.41, 5.74) is 1.55. The van der Waals surface area contributed by atoms with Gasteiger partial charge in [0.1, 0.15) is 0 Å². The fourth-order valence-electron chi connectivity index (χ4n) is 1.41. The second kappa shape index (κ2) is 4.00. The minimum atomic E-state index is -0.832. The fourth-order valence-corrected chi connectivity index (χ4v) is 1.54. The molecule has 0 fully saturated rings. The highest BCUT2D eigenvalue weighted by Crippen LogP contribution is 2.23. The molecule has 0 radical (unpaired) electrons. The van der Waals surface area contributed by atoms with E-state index in [2.05, 4.69) is 5.10 Å². The molecular formula is C9H13ClN2O2. The van der Waals surface area contributed by atoms with Crippen molar-refractivity contribution in [2.24, 2.45) is 0 Å². The van der Waals surface area contributed by atoms with Crippen LogP contribution in [-0.2, 0) is 4.79 Å². The molecule has 0 unspecified atom stereocenters. The van der Waals surface area contributed by atoms with Crippen LogP contribution in [-0.4, -0.2) is 20.9 Å². The molecule has 1 rings (SSSR count). The molecule has 0 saturated carbocycles. The number of aromatic nitrogens is 2. The number of halogens is 1. The van der Waals surface area contributed by atoms with Crippen molar-refractivity contribution >= 4 is 17.6 Å². The average Bonchev–Trinajstić information content (AvgIpc) is 2.32. The number of carboxylic acids is 1. The van der Waals surface area contributed by atoms with E-state index in [0.717, 1.165) is 11.4 Å². The Morgan fingerprint density at radius 3 is 2.57 bits per heavy atom. The van der Waals surface area contributed by atoms with Gasteiger partial charge in [0.25, 0.3) is 0 Å². The van der Waals surface area contributed by atoms with Gasteiger partial charge in [0, 0.05) is 0 Å². The summed E-state index contributed by atoms with van der Waals surface area (Å²) in [7, 11) is 0. The summed E-state index contributed by atoms with van der Waals surface area (Å²) in [6, 6.07) is -0.168. The quantitative estimate of drug-likeness (QED) is 0.843. The lowest BCUT2D eigenvalue weighted by Gasteiger charge is -2.11. The Kier molecular flexibility index (Phi) is 3.16. The summed E-state index contributed by atoms with van der Waals surface area (Å²) < 4.78 is 1.66. The molecule has 1 heterocycles. The number of carbonyl (C=O) groups is 1. The Morgan fingerprint density at radius 1 is 1.64 bits per heavy atom. The largest absolute Gasteiger partial charge is 0.481 e. The standard InChI is InChI=1S/C9H13ClN2O2/c1-5(4-8(13)14)12-7(3)9(10)6(2)11-12/h5H,4H2,1-3H3,(H,13,14)/t5-/m1/s1. The zero-order valence-electron chi connectivity index (χ0n) is 8.41. The van der Waals surface area contributed by atoms with Gasteiger partial charge in [-0.2, -0.15) is 5.10 Å². The van der Waals surface area contributed by atoms with Crippen molar-refractivity contribution in [2.75, 3.05) is 0 Å². The maximum absolute atomic E-state index is 10.5. The molecule has 1 aromatic heterocycles. The highest BCUT2D eigenvalue weighted by Gasteiger charge is 2.16. The first-order valence-electron chi connectivity index (χ1n) is 4.36. The van der Waals surface area contributed by atoms with E-state index in [4.69, 9.17) is 16.7 Å². The van der Waals surface area contributed by atoms with Crippen molar-refractivity contribution in [3.8, 4) is 0 Å². The van der Waals surface area contributed by atoms with Gasteiger partial charge in [-0.05, 0) is 20.8 Å². The van der Waals surface area contributed by atoms with Crippen LogP contribution in [0.5, 0.6) is 0 Å². The molecule has 0 bridgehead atoms. The normalized spacial score (nSPS) is 12.9. The van der Waals surface area contributed by atoms with Gasteiger partial charge in [-0.3, -0.25) is 9.48 Å². The van der Waals surface area contributed by atoms with Crippen LogP contribution in [0.1, 0.15) is 30.8 Å². The summed E-state index contributed by atoms with van der Waals surface area (Å²) in [6.45, 7) is 5.45. The zero-order valence-corrected chi connectivity index (χ0v) is 9.17. The van der Waals surface area contributed by atoms with E-state index >= 15 is 0 Å². The van der Waals surface area contributed by atoms with Gasteiger partial charge in [-0.25, -0.2) is 0 Å². The van der Waals surface area contributed by atoms with E-state index in [1.165, 1.54) is 0 Å². The molecule has 4 nitrogen and oxygen atoms in total. The van der Waals surface area contributed by atoms with Crippen molar-refractivity contribution < 1.29 is 9.90 Å². The van der Waals surface area contributed by atoms with Gasteiger partial charge in [0.05, 0.1) is 28.9 Å². The molecule has 0 aliphatic carbocycles. The Bertz CT molecular complexity index is 360. The van der Waals surface area contributed by atoms with E-state index in [-0.39, 0.29) is 12.5 Å². The van der Waals surface area contributed by atoms with E-state index in [1.807, 2.05) is 13.8 Å². The molecular weight excluding hydrogens is 204 g/mol. The summed E-state index contributed by atoms with van der Waals surface area (Å²) in [5, 5.41) is 13.4. The summed E-state index contributed by atoms with van der Waals surface area (Å²) in [6.07, 6.45) is 0.0539. The second-order valence-corrected chi connectivity index (χ2v) is 3.75. The smallest absolute Gasteiger partial charge is 0.305 e. The van der Waals surface area contributed by atoms with Gasteiger partial charge in [0.15, 0.2) is 0 Å². The first kappa shape index (κ1) is 11.0. The molecule has 5 heteroatoms. The monoisotopic (exact) mass is 216 g/mol. The first-order chi connectivity index (χ1) is 6.43. The molecule has 0 amide bonds. The Hall–Kier alpha value is -1.03. The highest BCUT2D eigenvalue weighted by atomic mass is 35.5. The Balaban J connectivity index is 2.95. The SMILES string of the molecule is Cc1nn([C@H](C)CC(=O)O)c(C)c1Cl. The topological polar surface area (TPSA) is 55.1 Å². The van der Waals surface area contributed by atoms with Crippen LogP contribution in [0, 0.1) is 13.8 Å². The summed E-state index contributed by atoms with van der Waals surface area (Å²) in [5.74, 6) is -0.832. The van der Waals surface area contributed by atoms with Crippen LogP contribution < -0.4 is 0 Å². The first-order valence-corrected chi connectivity index (χ1v) is 4.74. The fraction of sp³-hybridized carbons (Fsp3) is 0.556. The van der Waals surface area contributed by atoms with Gasteiger partial charge in [-0.15, -0.1) is 0 Å². The molecule has 0 aromatic carbocycles. The molecule has 0 aliphatic heterocycles. The van der Waals surface area contributed by atoms with E-state index < -0.39 is 5.97 Å². The van der Waals surface area contributed by atoms with Gasteiger partial charge in [0.2, 0.25) is 0 Å². The van der Waals surface area contributed by atoms with Crippen LogP contribution >= 0.6 is 11.6 Å². The lowest BCUT2D eigenvalue weighted by atomic mass is 10.2. The second-order valence-electron chi connectivity index (χ2n) is 3.38. The van der Waals surface area contributed by atoms with E-state index in [0.29, 0.717) is 5.02 Å². The third kappa shape index (κ3) is 2.07. The van der Waals surface area contributed by atoms with Crippen molar-refractivity contribution in [1.82, 2.24) is 9.78 Å². The van der Waals surface area contributed by atoms with E-state index in [1.54, 1.807) is 11.6 Å². The Labute approximate surface area is 87.5 Å². The van der Waals surface area contributed by atoms with Crippen LogP contribution in [0.15, 0.2) is 0 Å². The maximum atomic E-state index is 10.5. The summed E-state index contributed by atoms with van der Waals surface area (Å²) >= 11 is 5.95. The zero-order chi connectivity index (χ0) is 10.9. The lowest BCUT2D eigenvalue weighted by Crippen LogP contribution is -2.13. The van der Waals surface area contributed by atoms with Crippen molar-refractivity contribution in [2.45, 2.75) is 33.2 Å². The Morgan fingerprint density at radius 2 is 2.21 bits per heavy atom. The molecule has 14 heavy (non-hydrogen) atoms. The molecule has 78 valence electrons. The number of aryl methyl sites for hydroxylation is 1. The summed E-state index contributed by atoms with van der Waals surface area (Å²) in [4.78, 5) is 10.5. The van der Waals surface area contributed by atoms with Crippen LogP contribution in [0.2, 0.25) is 5.02 Å². The van der Waals surface area contributed by atoms with Crippen LogP contribution in [0.3, 0.4) is 0 Å². The number of hydrogen-bond acceptors (Lipinski definition) is 2. The number of hydrogen-bond donors (Lipinski definition) is 1. The molecule has 1 N–H and O–H groups in total. The molecule has 0 saturated heterocycles. The third-order valence-corrected chi connectivity index (χ3v) is 2.67.